The average Bonchev–Trinajstić information content (AvgIpc) is 3.57. The van der Waals surface area contributed by atoms with Crippen LogP contribution < -0.4 is 20.7 Å². The first-order valence-electron chi connectivity index (χ1n) is 13.7. The van der Waals surface area contributed by atoms with Crippen molar-refractivity contribution in [2.24, 2.45) is 17.8 Å². The summed E-state index contributed by atoms with van der Waals surface area (Å²) >= 11 is 12.1. The lowest BCUT2D eigenvalue weighted by molar-refractivity contribution is -0.144. The van der Waals surface area contributed by atoms with E-state index in [-0.39, 0.29) is 41.7 Å². The van der Waals surface area contributed by atoms with Crippen LogP contribution in [0.5, 0.6) is 5.75 Å². The number of carbonyl (C=O) groups excluding carboxylic acids is 5. The number of likely N-dealkylation sites (tertiary alicyclic amines) is 1. The summed E-state index contributed by atoms with van der Waals surface area (Å²) in [5.74, 6) is -2.88. The van der Waals surface area contributed by atoms with E-state index in [0.29, 0.717) is 30.3 Å². The highest BCUT2D eigenvalue weighted by Gasteiger charge is 2.50. The fraction of sp³-hybridized carbons (Fsp3) is 0.607. The number of nitrogens with zero attached hydrogens (tertiary/aromatic N) is 1. The van der Waals surface area contributed by atoms with Gasteiger partial charge in [0.2, 0.25) is 17.6 Å². The molecule has 0 bridgehead atoms. The van der Waals surface area contributed by atoms with Gasteiger partial charge in [-0.2, -0.15) is 0 Å². The molecule has 2 saturated heterocycles. The topological polar surface area (TPSA) is 134 Å². The summed E-state index contributed by atoms with van der Waals surface area (Å²) < 4.78 is 5.65. The van der Waals surface area contributed by atoms with Crippen LogP contribution in [0.1, 0.15) is 52.9 Å². The third-order valence-corrected chi connectivity index (χ3v) is 8.28. The van der Waals surface area contributed by atoms with Crippen LogP contribution in [0, 0.1) is 17.8 Å². The molecule has 2 heterocycles. The van der Waals surface area contributed by atoms with E-state index in [1.165, 1.54) is 11.0 Å². The number of hydrogen-bond donors (Lipinski definition) is 3. The van der Waals surface area contributed by atoms with Crippen LogP contribution in [0.4, 0.5) is 0 Å². The summed E-state index contributed by atoms with van der Waals surface area (Å²) in [7, 11) is 0. The van der Waals surface area contributed by atoms with Crippen molar-refractivity contribution in [2.75, 3.05) is 19.7 Å². The number of fused-ring (bicyclic) bond motifs is 1. The third-order valence-electron chi connectivity index (χ3n) is 7.75. The molecule has 4 rings (SSSR count). The maximum Gasteiger partial charge on any atom is 0.290 e. The molecule has 12 heteroatoms. The second-order valence-corrected chi connectivity index (χ2v) is 12.7. The Kier molecular flexibility index (Phi) is 9.29. The van der Waals surface area contributed by atoms with Crippen LogP contribution in [-0.2, 0) is 24.0 Å². The number of hydrogen-bond acceptors (Lipinski definition) is 6. The number of benzene rings is 1. The van der Waals surface area contributed by atoms with Crippen LogP contribution in [0.25, 0.3) is 0 Å². The number of rotatable bonds is 9. The molecule has 5 atom stereocenters. The van der Waals surface area contributed by atoms with Gasteiger partial charge in [-0.05, 0) is 76.5 Å². The molecule has 10 nitrogen and oxygen atoms in total. The van der Waals surface area contributed by atoms with Gasteiger partial charge in [0.15, 0.2) is 6.61 Å². The molecular weight excluding hydrogens is 559 g/mol. The van der Waals surface area contributed by atoms with Gasteiger partial charge in [0, 0.05) is 29.6 Å². The fourth-order valence-electron chi connectivity index (χ4n) is 5.92. The Morgan fingerprint density at radius 3 is 2.55 bits per heavy atom. The predicted octanol–water partition coefficient (Wildman–Crippen LogP) is 2.49. The van der Waals surface area contributed by atoms with E-state index < -0.39 is 41.1 Å². The van der Waals surface area contributed by atoms with Crippen LogP contribution in [0.3, 0.4) is 0 Å². The van der Waals surface area contributed by atoms with Crippen molar-refractivity contribution in [3.63, 3.8) is 0 Å². The van der Waals surface area contributed by atoms with E-state index in [1.54, 1.807) is 32.9 Å². The zero-order valence-corrected chi connectivity index (χ0v) is 24.4. The first-order chi connectivity index (χ1) is 18.8. The first kappa shape index (κ1) is 30.1. The van der Waals surface area contributed by atoms with Crippen LogP contribution >= 0.6 is 23.2 Å². The number of Topliss-reactive ketones (excluding diaryl/α,β-unsaturated/α-hetero) is 1. The third kappa shape index (κ3) is 7.07. The summed E-state index contributed by atoms with van der Waals surface area (Å²) in [5, 5.41) is 8.83. The monoisotopic (exact) mass is 594 g/mol. The molecule has 1 aromatic rings. The molecule has 3 fully saturated rings. The van der Waals surface area contributed by atoms with Crippen molar-refractivity contribution in [1.82, 2.24) is 20.9 Å². The molecule has 4 amide bonds. The molecule has 1 aromatic carbocycles. The number of carbonyl (C=O) groups is 5. The van der Waals surface area contributed by atoms with Crippen molar-refractivity contribution >= 4 is 52.6 Å². The van der Waals surface area contributed by atoms with E-state index >= 15 is 0 Å². The Hall–Kier alpha value is -2.85. The van der Waals surface area contributed by atoms with E-state index in [9.17, 15) is 24.0 Å². The lowest BCUT2D eigenvalue weighted by atomic mass is 9.91. The molecule has 2 aliphatic heterocycles. The zero-order chi connectivity index (χ0) is 29.2. The highest BCUT2D eigenvalue weighted by molar-refractivity contribution is 6.38. The van der Waals surface area contributed by atoms with E-state index in [1.807, 2.05) is 0 Å². The molecule has 1 aliphatic carbocycles. The van der Waals surface area contributed by atoms with Crippen molar-refractivity contribution in [3.8, 4) is 5.75 Å². The molecule has 0 radical (unpaired) electrons. The van der Waals surface area contributed by atoms with Crippen molar-refractivity contribution in [3.05, 3.63) is 28.2 Å². The maximum absolute atomic E-state index is 13.8. The number of ether oxygens (including phenoxy) is 1. The summed E-state index contributed by atoms with van der Waals surface area (Å²) in [6.45, 7) is 5.78. The standard InChI is InChI=1S/C28H36Cl2N4O6/c1-28(2,3)33-27(39)24(36)20(11-15-9-10-31-25(15)37)32-26(38)23-18-6-4-5-16(18)13-34(23)22(35)14-40-21-8-7-17(29)12-19(21)30/h7-8,12,15-16,18,20,23H,4-6,9-11,13-14H2,1-3H3,(H,31,37)(H,32,38)(H,33,39)/t15-,16-,18+,20-,23?/m0/s1. The molecule has 3 N–H and O–H groups in total. The van der Waals surface area contributed by atoms with Gasteiger partial charge in [0.25, 0.3) is 11.8 Å². The minimum atomic E-state index is -1.20. The minimum Gasteiger partial charge on any atom is -0.482 e. The molecular formula is C28H36Cl2N4O6. The van der Waals surface area contributed by atoms with E-state index in [0.717, 1.165) is 19.3 Å². The summed E-state index contributed by atoms with van der Waals surface area (Å²) in [6, 6.07) is 2.66. The highest BCUT2D eigenvalue weighted by atomic mass is 35.5. The van der Waals surface area contributed by atoms with Gasteiger partial charge >= 0.3 is 0 Å². The van der Waals surface area contributed by atoms with Gasteiger partial charge in [-0.1, -0.05) is 29.6 Å². The van der Waals surface area contributed by atoms with Gasteiger partial charge in [-0.3, -0.25) is 24.0 Å². The zero-order valence-electron chi connectivity index (χ0n) is 22.9. The summed E-state index contributed by atoms with van der Waals surface area (Å²) in [4.78, 5) is 66.9. The van der Waals surface area contributed by atoms with Crippen LogP contribution in [0.2, 0.25) is 10.0 Å². The van der Waals surface area contributed by atoms with Gasteiger partial charge in [0.05, 0.1) is 11.1 Å². The Bertz CT molecular complexity index is 1190. The highest BCUT2D eigenvalue weighted by Crippen LogP contribution is 2.42. The Labute approximate surface area is 243 Å². The molecule has 218 valence electrons. The number of amides is 4. The molecule has 3 aliphatic rings. The average molecular weight is 596 g/mol. The lowest BCUT2D eigenvalue weighted by Crippen LogP contribution is -2.57. The second-order valence-electron chi connectivity index (χ2n) is 11.9. The Morgan fingerprint density at radius 1 is 1.15 bits per heavy atom. The van der Waals surface area contributed by atoms with Crippen molar-refractivity contribution < 1.29 is 28.7 Å². The number of ketones is 1. The Morgan fingerprint density at radius 2 is 1.90 bits per heavy atom. The van der Waals surface area contributed by atoms with Gasteiger partial charge in [0.1, 0.15) is 11.8 Å². The van der Waals surface area contributed by atoms with E-state index in [2.05, 4.69) is 16.0 Å². The summed E-state index contributed by atoms with van der Waals surface area (Å²) in [5.41, 5.74) is -0.662. The van der Waals surface area contributed by atoms with Crippen LogP contribution in [0.15, 0.2) is 18.2 Å². The molecule has 1 saturated carbocycles. The van der Waals surface area contributed by atoms with Crippen molar-refractivity contribution in [1.29, 1.82) is 0 Å². The Balaban J connectivity index is 1.50. The SMILES string of the molecule is CC(C)(C)NC(=O)C(=O)[C@H](C[C@@H]1CCNC1=O)NC(=O)C1[C@@H]2CCC[C@H]2CN1C(=O)COc1ccc(Cl)cc1Cl. The summed E-state index contributed by atoms with van der Waals surface area (Å²) in [6.07, 6.45) is 3.10. The van der Waals surface area contributed by atoms with Gasteiger partial charge < -0.3 is 25.6 Å². The van der Waals surface area contributed by atoms with E-state index in [4.69, 9.17) is 27.9 Å². The minimum absolute atomic E-state index is 0.000901. The molecule has 1 unspecified atom stereocenters. The normalized spacial score (nSPS) is 24.7. The lowest BCUT2D eigenvalue weighted by Gasteiger charge is -2.29. The molecule has 40 heavy (non-hydrogen) atoms. The van der Waals surface area contributed by atoms with Crippen LogP contribution in [-0.4, -0.2) is 71.6 Å². The number of nitrogens with one attached hydrogen (secondary N) is 3. The largest absolute Gasteiger partial charge is 0.482 e. The molecule has 0 spiro atoms. The second kappa shape index (κ2) is 12.3. The fourth-order valence-corrected chi connectivity index (χ4v) is 6.38. The smallest absolute Gasteiger partial charge is 0.290 e. The van der Waals surface area contributed by atoms with Gasteiger partial charge in [-0.25, -0.2) is 0 Å². The first-order valence-corrected chi connectivity index (χ1v) is 14.4. The van der Waals surface area contributed by atoms with Crippen molar-refractivity contribution in [2.45, 2.75) is 70.5 Å². The van der Waals surface area contributed by atoms with Gasteiger partial charge in [-0.15, -0.1) is 0 Å². The maximum atomic E-state index is 13.8. The molecule has 0 aromatic heterocycles. The predicted molar refractivity (Wildman–Crippen MR) is 149 cm³/mol. The quantitative estimate of drug-likeness (QED) is 0.376. The number of halogens is 2.